The summed E-state index contributed by atoms with van der Waals surface area (Å²) in [4.78, 5) is 16.2. The van der Waals surface area contributed by atoms with Gasteiger partial charge in [-0.1, -0.05) is 0 Å². The molecule has 7 heteroatoms. The molecule has 2 atom stereocenters. The minimum absolute atomic E-state index is 0.0150. The molecule has 0 radical (unpaired) electrons. The number of carbonyl (C=O) groups is 1. The average molecular weight is 301 g/mol. The Morgan fingerprint density at radius 3 is 3.05 bits per heavy atom. The molecule has 2 N–H and O–H groups in total. The predicted molar refractivity (Wildman–Crippen MR) is 81.9 cm³/mol. The van der Waals surface area contributed by atoms with Crippen LogP contribution in [0.4, 0.5) is 10.5 Å². The Morgan fingerprint density at radius 1 is 1.50 bits per heavy atom. The summed E-state index contributed by atoms with van der Waals surface area (Å²) in [6.07, 6.45) is 7.25. The molecule has 2 amide bonds. The molecule has 22 heavy (non-hydrogen) atoms. The number of ether oxygens (including phenoxy) is 1. The van der Waals surface area contributed by atoms with E-state index in [1.807, 2.05) is 19.2 Å². The SMILES string of the molecule is C[C@@H](NC(=O)Nc1ccc(-n2cccn2)nc1)[C@@H]1CCCO1. The molecule has 0 aliphatic carbocycles. The van der Waals surface area contributed by atoms with Gasteiger partial charge in [0.05, 0.1) is 24.0 Å². The monoisotopic (exact) mass is 301 g/mol. The number of amides is 2. The number of anilines is 1. The summed E-state index contributed by atoms with van der Waals surface area (Å²) in [5.41, 5.74) is 0.632. The fraction of sp³-hybridized carbons (Fsp3) is 0.400. The Labute approximate surface area is 128 Å². The van der Waals surface area contributed by atoms with Crippen LogP contribution in [0.5, 0.6) is 0 Å². The van der Waals surface area contributed by atoms with Crippen molar-refractivity contribution in [3.05, 3.63) is 36.8 Å². The van der Waals surface area contributed by atoms with Crippen molar-refractivity contribution < 1.29 is 9.53 Å². The van der Waals surface area contributed by atoms with E-state index in [-0.39, 0.29) is 18.2 Å². The first-order valence-electron chi connectivity index (χ1n) is 7.37. The summed E-state index contributed by atoms with van der Waals surface area (Å²) < 4.78 is 7.21. The number of hydrogen-bond acceptors (Lipinski definition) is 4. The van der Waals surface area contributed by atoms with Crippen molar-refractivity contribution in [1.82, 2.24) is 20.1 Å². The first-order valence-corrected chi connectivity index (χ1v) is 7.37. The lowest BCUT2D eigenvalue weighted by molar-refractivity contribution is 0.0868. The highest BCUT2D eigenvalue weighted by Gasteiger charge is 2.23. The van der Waals surface area contributed by atoms with Crippen molar-refractivity contribution in [2.45, 2.75) is 31.9 Å². The average Bonchev–Trinajstić information content (AvgIpc) is 3.21. The minimum Gasteiger partial charge on any atom is -0.376 e. The van der Waals surface area contributed by atoms with Gasteiger partial charge in [0.1, 0.15) is 0 Å². The third-order valence-corrected chi connectivity index (χ3v) is 3.63. The van der Waals surface area contributed by atoms with Gasteiger partial charge in [-0.15, -0.1) is 0 Å². The molecule has 2 aromatic heterocycles. The zero-order valence-corrected chi connectivity index (χ0v) is 12.4. The number of pyridine rings is 1. The van der Waals surface area contributed by atoms with Crippen molar-refractivity contribution in [1.29, 1.82) is 0 Å². The van der Waals surface area contributed by atoms with E-state index in [2.05, 4.69) is 20.7 Å². The molecule has 116 valence electrons. The number of nitrogens with one attached hydrogen (secondary N) is 2. The second kappa shape index (κ2) is 6.57. The largest absolute Gasteiger partial charge is 0.376 e. The van der Waals surface area contributed by atoms with Crippen LogP contribution in [0, 0.1) is 0 Å². The van der Waals surface area contributed by atoms with Crippen LogP contribution in [0.1, 0.15) is 19.8 Å². The summed E-state index contributed by atoms with van der Waals surface area (Å²) in [6.45, 7) is 2.73. The number of hydrogen-bond donors (Lipinski definition) is 2. The first kappa shape index (κ1) is 14.5. The van der Waals surface area contributed by atoms with Gasteiger partial charge >= 0.3 is 6.03 Å². The van der Waals surface area contributed by atoms with E-state index in [0.29, 0.717) is 11.5 Å². The Kier molecular flexibility index (Phi) is 4.34. The van der Waals surface area contributed by atoms with Gasteiger partial charge in [0.2, 0.25) is 0 Å². The van der Waals surface area contributed by atoms with Gasteiger partial charge in [-0.2, -0.15) is 5.10 Å². The fourth-order valence-electron chi connectivity index (χ4n) is 2.46. The fourth-order valence-corrected chi connectivity index (χ4v) is 2.46. The predicted octanol–water partition coefficient (Wildman–Crippen LogP) is 1.96. The minimum atomic E-state index is -0.253. The van der Waals surface area contributed by atoms with Crippen LogP contribution in [0.25, 0.3) is 5.82 Å². The molecular weight excluding hydrogens is 282 g/mol. The summed E-state index contributed by atoms with van der Waals surface area (Å²) >= 11 is 0. The highest BCUT2D eigenvalue weighted by Crippen LogP contribution is 2.15. The summed E-state index contributed by atoms with van der Waals surface area (Å²) in [5, 5.41) is 9.76. The molecule has 0 unspecified atom stereocenters. The molecule has 1 aliphatic heterocycles. The lowest BCUT2D eigenvalue weighted by atomic mass is 10.1. The van der Waals surface area contributed by atoms with Crippen LogP contribution in [-0.2, 0) is 4.74 Å². The van der Waals surface area contributed by atoms with Gasteiger partial charge < -0.3 is 15.4 Å². The molecule has 1 saturated heterocycles. The highest BCUT2D eigenvalue weighted by atomic mass is 16.5. The molecule has 7 nitrogen and oxygen atoms in total. The van der Waals surface area contributed by atoms with E-state index in [4.69, 9.17) is 4.74 Å². The molecule has 1 fully saturated rings. The van der Waals surface area contributed by atoms with Crippen LogP contribution < -0.4 is 10.6 Å². The molecule has 2 aromatic rings. The number of rotatable bonds is 4. The highest BCUT2D eigenvalue weighted by molar-refractivity contribution is 5.89. The zero-order valence-electron chi connectivity index (χ0n) is 12.4. The Bertz CT molecular complexity index is 605. The van der Waals surface area contributed by atoms with Crippen molar-refractivity contribution in [3.63, 3.8) is 0 Å². The van der Waals surface area contributed by atoms with Gasteiger partial charge in [-0.25, -0.2) is 14.5 Å². The van der Waals surface area contributed by atoms with Gasteiger partial charge in [-0.3, -0.25) is 0 Å². The molecular formula is C15H19N5O2. The summed E-state index contributed by atoms with van der Waals surface area (Å²) in [7, 11) is 0. The molecule has 0 saturated carbocycles. The van der Waals surface area contributed by atoms with Crippen molar-refractivity contribution >= 4 is 11.7 Å². The molecule has 3 rings (SSSR count). The Hall–Kier alpha value is -2.41. The maximum atomic E-state index is 12.0. The Balaban J connectivity index is 1.55. The lowest BCUT2D eigenvalue weighted by Crippen LogP contribution is -2.43. The number of nitrogens with zero attached hydrogens (tertiary/aromatic N) is 3. The van der Waals surface area contributed by atoms with Crippen LogP contribution in [0.15, 0.2) is 36.8 Å². The number of carbonyl (C=O) groups excluding carboxylic acids is 1. The first-order chi connectivity index (χ1) is 10.7. The van der Waals surface area contributed by atoms with Crippen LogP contribution in [0.2, 0.25) is 0 Å². The number of aromatic nitrogens is 3. The maximum absolute atomic E-state index is 12.0. The summed E-state index contributed by atoms with van der Waals surface area (Å²) in [5.74, 6) is 0.698. The molecule has 1 aliphatic rings. The zero-order chi connectivity index (χ0) is 15.4. The van der Waals surface area contributed by atoms with Crippen molar-refractivity contribution in [2.24, 2.45) is 0 Å². The summed E-state index contributed by atoms with van der Waals surface area (Å²) in [6, 6.07) is 5.15. The third-order valence-electron chi connectivity index (χ3n) is 3.63. The van der Waals surface area contributed by atoms with Crippen molar-refractivity contribution in [2.75, 3.05) is 11.9 Å². The molecule has 0 aromatic carbocycles. The van der Waals surface area contributed by atoms with E-state index >= 15 is 0 Å². The van der Waals surface area contributed by atoms with Gasteiger partial charge in [0.15, 0.2) is 5.82 Å². The molecule has 0 bridgehead atoms. The van der Waals surface area contributed by atoms with E-state index in [0.717, 1.165) is 19.4 Å². The molecule has 3 heterocycles. The Morgan fingerprint density at radius 2 is 2.41 bits per heavy atom. The quantitative estimate of drug-likeness (QED) is 0.904. The smallest absolute Gasteiger partial charge is 0.319 e. The van der Waals surface area contributed by atoms with Crippen LogP contribution in [0.3, 0.4) is 0 Å². The van der Waals surface area contributed by atoms with E-state index < -0.39 is 0 Å². The third kappa shape index (κ3) is 3.43. The standard InChI is InChI=1S/C15H19N5O2/c1-11(13-4-2-9-22-13)18-15(21)19-12-5-6-14(16-10-12)20-8-3-7-17-20/h3,5-8,10-11,13H,2,4,9H2,1H3,(H2,18,19,21)/t11-,13+/m1/s1. The van der Waals surface area contributed by atoms with Crippen molar-refractivity contribution in [3.8, 4) is 5.82 Å². The van der Waals surface area contributed by atoms with Gasteiger partial charge in [0, 0.05) is 19.0 Å². The van der Waals surface area contributed by atoms with Gasteiger partial charge in [0.25, 0.3) is 0 Å². The second-order valence-corrected chi connectivity index (χ2v) is 5.29. The maximum Gasteiger partial charge on any atom is 0.319 e. The normalized spacial score (nSPS) is 18.9. The lowest BCUT2D eigenvalue weighted by Gasteiger charge is -2.20. The van der Waals surface area contributed by atoms with E-state index in [9.17, 15) is 4.79 Å². The van der Waals surface area contributed by atoms with Crippen LogP contribution >= 0.6 is 0 Å². The second-order valence-electron chi connectivity index (χ2n) is 5.29. The topological polar surface area (TPSA) is 81.1 Å². The molecule has 0 spiro atoms. The van der Waals surface area contributed by atoms with Crippen LogP contribution in [-0.4, -0.2) is 39.5 Å². The van der Waals surface area contributed by atoms with E-state index in [1.165, 1.54) is 0 Å². The van der Waals surface area contributed by atoms with E-state index in [1.54, 1.807) is 29.2 Å². The van der Waals surface area contributed by atoms with Gasteiger partial charge in [-0.05, 0) is 38.0 Å². The number of urea groups is 1.